The third kappa shape index (κ3) is 5.55. The van der Waals surface area contributed by atoms with Crippen LogP contribution in [0.5, 0.6) is 0 Å². The fraction of sp³-hybridized carbons (Fsp3) is 0.316. The lowest BCUT2D eigenvalue weighted by Gasteiger charge is -2.26. The number of hydrogen-bond donors (Lipinski definition) is 1. The highest BCUT2D eigenvalue weighted by Gasteiger charge is 2.26. The molecule has 0 atom stereocenters. The molecule has 0 unspecified atom stereocenters. The number of nitrogens with zero attached hydrogens (tertiary/aromatic N) is 1. The summed E-state index contributed by atoms with van der Waals surface area (Å²) in [4.78, 5) is 13.5. The maximum atomic E-state index is 12.7. The zero-order chi connectivity index (χ0) is 19.1. The van der Waals surface area contributed by atoms with Gasteiger partial charge in [-0.15, -0.1) is 11.8 Å². The molecule has 0 spiro atoms. The van der Waals surface area contributed by atoms with Crippen molar-refractivity contribution in [3.63, 3.8) is 0 Å². The molecule has 144 valence electrons. The first-order valence-electron chi connectivity index (χ1n) is 8.71. The van der Waals surface area contributed by atoms with E-state index in [-0.39, 0.29) is 10.8 Å². The van der Waals surface area contributed by atoms with E-state index in [2.05, 4.69) is 5.32 Å². The SMILES string of the molecule is O=C(CCSc1ccccc1)Nc1cccc(S(=O)(=O)N2CCOCC2)c1. The Morgan fingerprint density at radius 1 is 1.07 bits per heavy atom. The van der Waals surface area contributed by atoms with E-state index in [9.17, 15) is 13.2 Å². The third-order valence-corrected chi connectivity index (χ3v) is 6.98. The van der Waals surface area contributed by atoms with Crippen LogP contribution in [0.2, 0.25) is 0 Å². The van der Waals surface area contributed by atoms with Crippen LogP contribution in [0, 0.1) is 0 Å². The molecule has 3 rings (SSSR count). The number of benzene rings is 2. The van der Waals surface area contributed by atoms with Gasteiger partial charge in [0.1, 0.15) is 0 Å². The van der Waals surface area contributed by atoms with Crippen molar-refractivity contribution in [2.24, 2.45) is 0 Å². The van der Waals surface area contributed by atoms with Gasteiger partial charge in [-0.05, 0) is 30.3 Å². The van der Waals surface area contributed by atoms with Crippen molar-refractivity contribution in [3.05, 3.63) is 54.6 Å². The first kappa shape index (κ1) is 19.9. The highest BCUT2D eigenvalue weighted by molar-refractivity contribution is 7.99. The van der Waals surface area contributed by atoms with E-state index in [1.54, 1.807) is 30.0 Å². The molecule has 0 aromatic heterocycles. The van der Waals surface area contributed by atoms with E-state index in [0.717, 1.165) is 4.90 Å². The Bertz CT molecular complexity index is 866. The first-order chi connectivity index (χ1) is 13.1. The van der Waals surface area contributed by atoms with Gasteiger partial charge in [0, 0.05) is 35.8 Å². The summed E-state index contributed by atoms with van der Waals surface area (Å²) >= 11 is 1.61. The van der Waals surface area contributed by atoms with Crippen molar-refractivity contribution in [1.29, 1.82) is 0 Å². The quantitative estimate of drug-likeness (QED) is 0.716. The summed E-state index contributed by atoms with van der Waals surface area (Å²) in [6.45, 7) is 1.48. The van der Waals surface area contributed by atoms with Gasteiger partial charge in [-0.3, -0.25) is 4.79 Å². The second-order valence-corrected chi connectivity index (χ2v) is 9.11. The van der Waals surface area contributed by atoms with Gasteiger partial charge in [0.25, 0.3) is 0 Å². The van der Waals surface area contributed by atoms with Gasteiger partial charge in [-0.25, -0.2) is 8.42 Å². The number of morpholine rings is 1. The van der Waals surface area contributed by atoms with Crippen LogP contribution < -0.4 is 5.32 Å². The van der Waals surface area contributed by atoms with Crippen molar-refractivity contribution in [1.82, 2.24) is 4.31 Å². The fourth-order valence-corrected chi connectivity index (χ4v) is 5.00. The molecule has 1 amide bonds. The Morgan fingerprint density at radius 3 is 2.56 bits per heavy atom. The maximum absolute atomic E-state index is 12.7. The van der Waals surface area contributed by atoms with Crippen LogP contribution in [0.1, 0.15) is 6.42 Å². The molecule has 8 heteroatoms. The summed E-state index contributed by atoms with van der Waals surface area (Å²) in [7, 11) is -3.58. The van der Waals surface area contributed by atoms with Gasteiger partial charge < -0.3 is 10.1 Å². The predicted octanol–water partition coefficient (Wildman–Crippen LogP) is 2.83. The minimum atomic E-state index is -3.58. The van der Waals surface area contributed by atoms with Crippen LogP contribution in [-0.2, 0) is 19.6 Å². The largest absolute Gasteiger partial charge is 0.379 e. The molecule has 1 fully saturated rings. The molecule has 1 saturated heterocycles. The van der Waals surface area contributed by atoms with Crippen molar-refractivity contribution in [3.8, 4) is 0 Å². The molecular weight excluding hydrogens is 384 g/mol. The molecule has 0 aliphatic carbocycles. The van der Waals surface area contributed by atoms with Crippen LogP contribution >= 0.6 is 11.8 Å². The molecule has 1 aliphatic rings. The van der Waals surface area contributed by atoms with E-state index >= 15 is 0 Å². The van der Waals surface area contributed by atoms with E-state index in [4.69, 9.17) is 4.74 Å². The summed E-state index contributed by atoms with van der Waals surface area (Å²) < 4.78 is 32.0. The normalized spacial score (nSPS) is 15.4. The van der Waals surface area contributed by atoms with Crippen LogP contribution in [0.4, 0.5) is 5.69 Å². The van der Waals surface area contributed by atoms with E-state index in [1.807, 2.05) is 30.3 Å². The minimum absolute atomic E-state index is 0.139. The number of rotatable bonds is 7. The van der Waals surface area contributed by atoms with E-state index < -0.39 is 10.0 Å². The number of carbonyl (C=O) groups excluding carboxylic acids is 1. The number of hydrogen-bond acceptors (Lipinski definition) is 5. The molecule has 0 saturated carbocycles. The van der Waals surface area contributed by atoms with Crippen molar-refractivity contribution >= 4 is 33.4 Å². The molecule has 1 N–H and O–H groups in total. The van der Waals surface area contributed by atoms with Crippen LogP contribution in [0.3, 0.4) is 0 Å². The number of carbonyl (C=O) groups is 1. The Labute approximate surface area is 164 Å². The first-order valence-corrected chi connectivity index (χ1v) is 11.1. The lowest BCUT2D eigenvalue weighted by Crippen LogP contribution is -2.40. The Balaban J connectivity index is 1.57. The van der Waals surface area contributed by atoms with Crippen LogP contribution in [-0.4, -0.2) is 50.7 Å². The second-order valence-electron chi connectivity index (χ2n) is 6.00. The predicted molar refractivity (Wildman–Crippen MR) is 106 cm³/mol. The van der Waals surface area contributed by atoms with Gasteiger partial charge in [0.15, 0.2) is 0 Å². The molecule has 2 aromatic carbocycles. The smallest absolute Gasteiger partial charge is 0.243 e. The standard InChI is InChI=1S/C19H22N2O4S2/c22-19(9-14-26-17-6-2-1-3-7-17)20-16-5-4-8-18(15-16)27(23,24)21-10-12-25-13-11-21/h1-8,15H,9-14H2,(H,20,22). The number of sulfonamides is 1. The van der Waals surface area contributed by atoms with Gasteiger partial charge >= 0.3 is 0 Å². The average molecular weight is 407 g/mol. The Hall–Kier alpha value is -1.87. The highest BCUT2D eigenvalue weighted by Crippen LogP contribution is 2.21. The monoisotopic (exact) mass is 406 g/mol. The summed E-state index contributed by atoms with van der Waals surface area (Å²) in [5.74, 6) is 0.515. The maximum Gasteiger partial charge on any atom is 0.243 e. The van der Waals surface area contributed by atoms with Gasteiger partial charge in [0.2, 0.25) is 15.9 Å². The Morgan fingerprint density at radius 2 is 1.81 bits per heavy atom. The zero-order valence-corrected chi connectivity index (χ0v) is 16.5. The van der Waals surface area contributed by atoms with Gasteiger partial charge in [0.05, 0.1) is 18.1 Å². The fourth-order valence-electron chi connectivity index (χ4n) is 2.67. The summed E-state index contributed by atoms with van der Waals surface area (Å²) in [6, 6.07) is 16.3. The van der Waals surface area contributed by atoms with Crippen molar-refractivity contribution in [2.45, 2.75) is 16.2 Å². The molecule has 2 aromatic rings. The molecule has 6 nitrogen and oxygen atoms in total. The highest BCUT2D eigenvalue weighted by atomic mass is 32.2. The van der Waals surface area contributed by atoms with Crippen molar-refractivity contribution in [2.75, 3.05) is 37.4 Å². The lowest BCUT2D eigenvalue weighted by atomic mass is 10.3. The number of anilines is 1. The number of ether oxygens (including phenoxy) is 1. The summed E-state index contributed by atoms with van der Waals surface area (Å²) in [6.07, 6.45) is 0.347. The van der Waals surface area contributed by atoms with E-state index in [0.29, 0.717) is 44.2 Å². The lowest BCUT2D eigenvalue weighted by molar-refractivity contribution is -0.115. The third-order valence-electron chi connectivity index (χ3n) is 4.07. The van der Waals surface area contributed by atoms with Crippen molar-refractivity contribution < 1.29 is 17.9 Å². The molecular formula is C19H22N2O4S2. The number of amides is 1. The molecule has 1 aliphatic heterocycles. The molecule has 27 heavy (non-hydrogen) atoms. The second kappa shape index (κ2) is 9.36. The molecule has 0 bridgehead atoms. The van der Waals surface area contributed by atoms with E-state index in [1.165, 1.54) is 10.4 Å². The van der Waals surface area contributed by atoms with Gasteiger partial charge in [-0.1, -0.05) is 24.3 Å². The Kier molecular flexibility index (Phi) is 6.89. The van der Waals surface area contributed by atoms with Crippen LogP contribution in [0.15, 0.2) is 64.4 Å². The molecule has 0 radical (unpaired) electrons. The zero-order valence-electron chi connectivity index (χ0n) is 14.8. The number of nitrogens with one attached hydrogen (secondary N) is 1. The topological polar surface area (TPSA) is 75.7 Å². The molecule has 1 heterocycles. The number of thioether (sulfide) groups is 1. The summed E-state index contributed by atoms with van der Waals surface area (Å²) in [5.41, 5.74) is 0.485. The van der Waals surface area contributed by atoms with Gasteiger partial charge in [-0.2, -0.15) is 4.31 Å². The van der Waals surface area contributed by atoms with Crippen LogP contribution in [0.25, 0.3) is 0 Å². The summed E-state index contributed by atoms with van der Waals surface area (Å²) in [5, 5.41) is 2.78. The minimum Gasteiger partial charge on any atom is -0.379 e. The average Bonchev–Trinajstić information content (AvgIpc) is 2.70.